The lowest BCUT2D eigenvalue weighted by Gasteiger charge is -2.43. The number of ether oxygens (including phenoxy) is 19. The molecule has 3 N–H and O–H groups in total. The Morgan fingerprint density at radius 1 is 0.323 bits per heavy atom. The minimum atomic E-state index is -1.63. The maximum atomic E-state index is 12.9. The van der Waals surface area contributed by atoms with Crippen molar-refractivity contribution >= 4 is 124 Å². The molecule has 15 atom stereocenters. The van der Waals surface area contributed by atoms with Crippen molar-refractivity contribution in [1.29, 1.82) is 0 Å². The molecule has 5 aliphatic rings. The van der Waals surface area contributed by atoms with Crippen LogP contribution >= 0.6 is 0 Å². The van der Waals surface area contributed by atoms with E-state index in [1.807, 2.05) is 30.3 Å². The molecule has 4 aromatic carbocycles. The summed E-state index contributed by atoms with van der Waals surface area (Å²) < 4.78 is 112. The van der Waals surface area contributed by atoms with Crippen LogP contribution in [0.2, 0.25) is 0 Å². The normalized spacial score (nSPS) is 22.1. The molecule has 7 aromatic rings. The first kappa shape index (κ1) is 91.9. The number of aromatic nitrogens is 4. The summed E-state index contributed by atoms with van der Waals surface area (Å²) in [4.78, 5) is 182. The minimum Gasteiger partial charge on any atom is -0.493 e. The Kier molecular flexibility index (Phi) is 29.6. The molecule has 668 valence electrons. The van der Waals surface area contributed by atoms with E-state index in [4.69, 9.17) is 100.0 Å². The van der Waals surface area contributed by atoms with Gasteiger partial charge in [0.1, 0.15) is 61.1 Å². The molecular formula is C90H90N4O33. The minimum absolute atomic E-state index is 0.00804. The SMILES string of the molecule is CC(=O)OC[C@H]1O[C@@H](Oc2ccc(-c3c4nc(c(-c5ccc(O[C@@H]6O[C@H](COC(C)=O)[C@@H](OC(C)=O)[C@H](OC(C)=O)[C@H]6OC(C)=O)cc5)c5ccc([nH]5)c(-c5ccccc5OCCCC(=O)O)c5nc(c(-c6ccc(O[C@@H]7O[C@H](COC(C)=O)[C@@H](OC(C)=O)[C@H](OC(C)=O)[C@H]7OC(C)=O)cc6)c6ccc3[nH]6)C=C5)C=C4)cc2)[C@H](OC(C)=O)[C@@H](OC(C)=O)[C@@H]1OC(C)=O. The summed E-state index contributed by atoms with van der Waals surface area (Å²) in [7, 11) is 0. The summed E-state index contributed by atoms with van der Waals surface area (Å²) in [6, 6.07) is 34.1. The maximum Gasteiger partial charge on any atom is 0.303 e. The van der Waals surface area contributed by atoms with Crippen molar-refractivity contribution in [3.63, 3.8) is 0 Å². The van der Waals surface area contributed by atoms with E-state index in [0.717, 1.165) is 83.1 Å². The number of carbonyl (C=O) groups excluding carboxylic acids is 12. The fourth-order valence-corrected chi connectivity index (χ4v) is 15.0. The van der Waals surface area contributed by atoms with Crippen LogP contribution in [0.1, 0.15) is 119 Å². The van der Waals surface area contributed by atoms with E-state index >= 15 is 0 Å². The second-order valence-corrected chi connectivity index (χ2v) is 29.5. The first-order chi connectivity index (χ1) is 60.6. The maximum absolute atomic E-state index is 12.9. The van der Waals surface area contributed by atoms with Gasteiger partial charge >= 0.3 is 77.6 Å². The average molecular weight is 1760 g/mol. The molecule has 3 saturated heterocycles. The highest BCUT2D eigenvalue weighted by Crippen LogP contribution is 2.44. The molecule has 0 unspecified atom stereocenters. The Balaban J connectivity index is 1.06. The molecule has 127 heavy (non-hydrogen) atoms. The van der Waals surface area contributed by atoms with Crippen LogP contribution in [0.3, 0.4) is 0 Å². The van der Waals surface area contributed by atoms with Crippen molar-refractivity contribution in [3.05, 3.63) is 144 Å². The number of rotatable bonds is 30. The summed E-state index contributed by atoms with van der Waals surface area (Å²) >= 11 is 0. The summed E-state index contributed by atoms with van der Waals surface area (Å²) in [5, 5.41) is 9.66. The van der Waals surface area contributed by atoms with Gasteiger partial charge in [-0.15, -0.1) is 0 Å². The number of para-hydroxylation sites is 1. The van der Waals surface area contributed by atoms with E-state index in [0.29, 0.717) is 95.1 Å². The van der Waals surface area contributed by atoms with E-state index in [1.54, 1.807) is 115 Å². The summed E-state index contributed by atoms with van der Waals surface area (Å²) in [6.07, 6.45) is -15.6. The Labute approximate surface area is 724 Å². The standard InChI is InChI=1S/C90H90N4O33/c1-43(95)110-40-71-79(113-46(4)98)82(116-49(7)101)85(119-52(10)104)88(125-71)122-58-25-19-55(20-26-58)75-62-31-33-64(91-62)76(56-21-27-59(28-22-56)123-89-86(120-53(11)105)83(117-50(8)102)80(114-47(5)99)72(126-89)41-111-44(2)96)66-35-37-68(93-66)78(61-16-13-14-17-70(61)109-39-15-18-74(107)108)69-38-36-67(94-69)77(65-34-32-63(75)92-65)57-23-29-60(30-24-57)124-90-87(121-54(12)106)84(118-51(9)103)81(115-48(6)100)73(127-90)42-112-45(3)97/h13-14,16-17,19-38,71-73,79-91,94H,15,18,39-42H2,1-12H3,(H,107,108)/t71-,72-,73-,79-,80-,81-,82+,83+,84+,85-,86-,87-,88-,89-,90-/m1/s1. The second kappa shape index (κ2) is 41.0. The van der Waals surface area contributed by atoms with Crippen LogP contribution in [0, 0.1) is 0 Å². The zero-order valence-corrected chi connectivity index (χ0v) is 70.7. The van der Waals surface area contributed by atoms with Crippen LogP contribution in [0.5, 0.6) is 23.0 Å². The van der Waals surface area contributed by atoms with Gasteiger partial charge in [-0.3, -0.25) is 62.3 Å². The van der Waals surface area contributed by atoms with E-state index in [1.165, 1.54) is 0 Å². The molecule has 0 spiro atoms. The summed E-state index contributed by atoms with van der Waals surface area (Å²) in [6.45, 7) is 11.7. The third-order valence-corrected chi connectivity index (χ3v) is 19.7. The summed E-state index contributed by atoms with van der Waals surface area (Å²) in [5.41, 5.74) is 7.29. The number of carboxylic acids is 1. The highest BCUT2D eigenvalue weighted by molar-refractivity contribution is 6.01. The lowest BCUT2D eigenvalue weighted by molar-refractivity contribution is -0.288. The lowest BCUT2D eigenvalue weighted by atomic mass is 9.98. The van der Waals surface area contributed by atoms with Crippen molar-refractivity contribution in [2.24, 2.45) is 0 Å². The van der Waals surface area contributed by atoms with Gasteiger partial charge < -0.3 is 105 Å². The fourth-order valence-electron chi connectivity index (χ4n) is 15.0. The molecule has 8 bridgehead atoms. The lowest BCUT2D eigenvalue weighted by Crippen LogP contribution is -2.63. The monoisotopic (exact) mass is 1750 g/mol. The molecule has 3 fully saturated rings. The number of hydrogen-bond donors (Lipinski definition) is 3. The number of carbonyl (C=O) groups is 13. The fraction of sp³-hybridized carbons (Fsp3) is 0.367. The van der Waals surface area contributed by atoms with Crippen LogP contribution in [0.25, 0.3) is 90.9 Å². The Bertz CT molecular complexity index is 5460. The number of carboxylic acid groups (broad SMARTS) is 1. The van der Waals surface area contributed by atoms with Crippen LogP contribution in [-0.4, -0.2) is 221 Å². The number of aromatic amines is 2. The Morgan fingerprint density at radius 3 is 0.874 bits per heavy atom. The van der Waals surface area contributed by atoms with Crippen LogP contribution in [-0.2, 0) is 133 Å². The highest BCUT2D eigenvalue weighted by Gasteiger charge is 2.57. The molecule has 5 aliphatic heterocycles. The van der Waals surface area contributed by atoms with Gasteiger partial charge in [0.15, 0.2) is 36.6 Å². The number of fused-ring (bicyclic) bond motifs is 8. The first-order valence-corrected chi connectivity index (χ1v) is 39.9. The number of hydrogen-bond acceptors (Lipinski definition) is 34. The number of benzene rings is 4. The molecule has 12 rings (SSSR count). The predicted molar refractivity (Wildman–Crippen MR) is 441 cm³/mol. The van der Waals surface area contributed by atoms with E-state index in [2.05, 4.69) is 9.97 Å². The largest absolute Gasteiger partial charge is 0.493 e. The van der Waals surface area contributed by atoms with Crippen molar-refractivity contribution in [2.45, 2.75) is 188 Å². The number of nitrogens with zero attached hydrogens (tertiary/aromatic N) is 2. The molecule has 3 aromatic heterocycles. The van der Waals surface area contributed by atoms with Crippen molar-refractivity contribution in [1.82, 2.24) is 19.9 Å². The second-order valence-electron chi connectivity index (χ2n) is 29.5. The molecule has 8 heterocycles. The van der Waals surface area contributed by atoms with Gasteiger partial charge in [0.25, 0.3) is 0 Å². The number of esters is 12. The first-order valence-electron chi connectivity index (χ1n) is 39.9. The molecule has 0 saturated carbocycles. The number of aliphatic carboxylic acids is 1. The van der Waals surface area contributed by atoms with E-state index < -0.39 is 190 Å². The van der Waals surface area contributed by atoms with Crippen LogP contribution < -0.4 is 18.9 Å². The van der Waals surface area contributed by atoms with Gasteiger partial charge in [-0.05, 0) is 114 Å². The molecule has 0 aliphatic carbocycles. The molecule has 0 radical (unpaired) electrons. The van der Waals surface area contributed by atoms with Crippen LogP contribution in [0.4, 0.5) is 0 Å². The quantitative estimate of drug-likeness (QED) is 0.0214. The van der Waals surface area contributed by atoms with E-state index in [-0.39, 0.29) is 36.7 Å². The Hall–Kier alpha value is -14.3. The van der Waals surface area contributed by atoms with Crippen molar-refractivity contribution < 1.29 is 157 Å². The average Bonchev–Trinajstić information content (AvgIpc) is 1.65. The third-order valence-electron chi connectivity index (χ3n) is 19.7. The molecule has 37 heteroatoms. The van der Waals surface area contributed by atoms with Gasteiger partial charge in [-0.25, -0.2) is 9.97 Å². The van der Waals surface area contributed by atoms with Crippen LogP contribution in [0.15, 0.2) is 121 Å². The molecular weight excluding hydrogens is 1660 g/mol. The zero-order chi connectivity index (χ0) is 91.2. The predicted octanol–water partition coefficient (Wildman–Crippen LogP) is 9.95. The summed E-state index contributed by atoms with van der Waals surface area (Å²) in [5.74, 6) is -10.2. The number of H-pyrrole nitrogens is 2. The van der Waals surface area contributed by atoms with Crippen molar-refractivity contribution in [2.75, 3.05) is 26.4 Å². The molecule has 0 amide bonds. The smallest absolute Gasteiger partial charge is 0.303 e. The van der Waals surface area contributed by atoms with Gasteiger partial charge in [0, 0.05) is 139 Å². The van der Waals surface area contributed by atoms with Crippen molar-refractivity contribution in [3.8, 4) is 67.5 Å². The van der Waals surface area contributed by atoms with Gasteiger partial charge in [-0.2, -0.15) is 0 Å². The van der Waals surface area contributed by atoms with E-state index in [9.17, 15) is 67.4 Å². The van der Waals surface area contributed by atoms with Gasteiger partial charge in [0.2, 0.25) is 37.2 Å². The third kappa shape index (κ3) is 23.2. The highest BCUT2D eigenvalue weighted by atomic mass is 16.8. The number of nitrogens with one attached hydrogen (secondary N) is 2. The van der Waals surface area contributed by atoms with Gasteiger partial charge in [-0.1, -0.05) is 54.6 Å². The topological polar surface area (TPSA) is 475 Å². The zero-order valence-electron chi connectivity index (χ0n) is 70.7. The Morgan fingerprint density at radius 2 is 0.591 bits per heavy atom. The molecule has 37 nitrogen and oxygen atoms in total. The van der Waals surface area contributed by atoms with Gasteiger partial charge in [0.05, 0.1) is 29.4 Å².